The highest BCUT2D eigenvalue weighted by atomic mass is 19.4. The van der Waals surface area contributed by atoms with Crippen LogP contribution in [0.5, 0.6) is 5.75 Å². The van der Waals surface area contributed by atoms with Gasteiger partial charge in [0.05, 0.1) is 24.2 Å². The zero-order chi connectivity index (χ0) is 32.7. The van der Waals surface area contributed by atoms with Crippen molar-refractivity contribution in [3.8, 4) is 5.75 Å². The van der Waals surface area contributed by atoms with Gasteiger partial charge in [0.25, 0.3) is 5.91 Å². The number of fused-ring (bicyclic) bond motifs is 2. The minimum atomic E-state index is -5.04. The number of nitrogens with zero attached hydrogens (tertiary/aromatic N) is 1. The van der Waals surface area contributed by atoms with Crippen LogP contribution in [0.1, 0.15) is 41.6 Å². The first kappa shape index (κ1) is 32.6. The van der Waals surface area contributed by atoms with E-state index < -0.39 is 59.3 Å². The molecule has 1 unspecified atom stereocenters. The van der Waals surface area contributed by atoms with Crippen LogP contribution in [-0.4, -0.2) is 55.9 Å². The summed E-state index contributed by atoms with van der Waals surface area (Å²) in [5.41, 5.74) is -1.30. The summed E-state index contributed by atoms with van der Waals surface area (Å²) in [6, 6.07) is 5.68. The molecule has 0 spiro atoms. The second kappa shape index (κ2) is 12.5. The summed E-state index contributed by atoms with van der Waals surface area (Å²) < 4.78 is 99.6. The highest BCUT2D eigenvalue weighted by molar-refractivity contribution is 6.00. The molecule has 1 heterocycles. The Labute approximate surface area is 254 Å². The van der Waals surface area contributed by atoms with Gasteiger partial charge in [-0.15, -0.1) is 0 Å². The smallest absolute Gasteiger partial charge is 0.419 e. The Morgan fingerprint density at radius 1 is 1.04 bits per heavy atom. The van der Waals surface area contributed by atoms with Crippen LogP contribution in [-0.2, 0) is 11.0 Å². The van der Waals surface area contributed by atoms with Crippen molar-refractivity contribution in [3.05, 3.63) is 65.0 Å². The summed E-state index contributed by atoms with van der Waals surface area (Å²) in [5.74, 6) is -5.93. The number of anilines is 2. The quantitative estimate of drug-likeness (QED) is 0.257. The minimum absolute atomic E-state index is 0.0108. The van der Waals surface area contributed by atoms with Crippen LogP contribution < -0.4 is 20.3 Å². The third kappa shape index (κ3) is 6.90. The van der Waals surface area contributed by atoms with Crippen LogP contribution >= 0.6 is 0 Å². The van der Waals surface area contributed by atoms with Crippen LogP contribution in [0.3, 0.4) is 0 Å². The van der Waals surface area contributed by atoms with E-state index in [-0.39, 0.29) is 54.0 Å². The lowest BCUT2D eigenvalue weighted by atomic mass is 9.83. The normalized spacial score (nSPS) is 25.8. The van der Waals surface area contributed by atoms with E-state index in [1.165, 1.54) is 7.11 Å². The van der Waals surface area contributed by atoms with Gasteiger partial charge >= 0.3 is 12.4 Å². The van der Waals surface area contributed by atoms with Crippen molar-refractivity contribution < 1.29 is 50.2 Å². The molecule has 244 valence electrons. The number of rotatable bonds is 7. The first-order chi connectivity index (χ1) is 21.2. The summed E-state index contributed by atoms with van der Waals surface area (Å²) in [6.45, 7) is 1.25. The Balaban J connectivity index is 1.45. The van der Waals surface area contributed by atoms with Gasteiger partial charge in [0.2, 0.25) is 5.91 Å². The fourth-order valence-corrected chi connectivity index (χ4v) is 6.97. The molecule has 2 saturated carbocycles. The number of aliphatic hydroxyl groups is 1. The van der Waals surface area contributed by atoms with E-state index in [2.05, 4.69) is 10.6 Å². The molecule has 14 heteroatoms. The number of allylic oxidation sites excluding steroid dienone is 1. The van der Waals surface area contributed by atoms with Crippen LogP contribution in [0.25, 0.3) is 0 Å². The fourth-order valence-electron chi connectivity index (χ4n) is 6.97. The molecule has 0 aromatic heterocycles. The number of aliphatic hydroxyl groups excluding tert-OH is 1. The van der Waals surface area contributed by atoms with Gasteiger partial charge in [-0.05, 0) is 73.9 Å². The summed E-state index contributed by atoms with van der Waals surface area (Å²) >= 11 is 0. The molecule has 7 nitrogen and oxygen atoms in total. The van der Waals surface area contributed by atoms with Gasteiger partial charge < -0.3 is 25.4 Å². The average molecular weight is 644 g/mol. The summed E-state index contributed by atoms with van der Waals surface area (Å²) in [7, 11) is 1.35. The Hall–Kier alpha value is -3.81. The van der Waals surface area contributed by atoms with Crippen LogP contribution in [0, 0.1) is 29.5 Å². The van der Waals surface area contributed by atoms with E-state index in [0.29, 0.717) is 30.9 Å². The number of amides is 2. The molecule has 5 atom stereocenters. The average Bonchev–Trinajstić information content (AvgIpc) is 3.49. The van der Waals surface area contributed by atoms with E-state index >= 15 is 0 Å². The van der Waals surface area contributed by atoms with Gasteiger partial charge in [-0.25, -0.2) is 4.39 Å². The van der Waals surface area contributed by atoms with Gasteiger partial charge in [-0.3, -0.25) is 9.59 Å². The van der Waals surface area contributed by atoms with E-state index in [9.17, 15) is 45.4 Å². The number of halogens is 7. The molecule has 3 N–H and O–H groups in total. The molecule has 2 aromatic carbocycles. The first-order valence-corrected chi connectivity index (χ1v) is 14.5. The molecule has 2 aliphatic carbocycles. The van der Waals surface area contributed by atoms with Crippen LogP contribution in [0.4, 0.5) is 42.1 Å². The third-order valence-corrected chi connectivity index (χ3v) is 8.94. The maximum atomic E-state index is 13.8. The SMILES string of the molecule is COc1ccc(N2CCCC(CO)C2)cc1C(=O)N[C@H]1[C@H](C(=O)Nc2ccc(F)c(C(F)(F)F)c2)[C@H]2CC[C@@H]1/C2=C\C(F)(F)F. The summed E-state index contributed by atoms with van der Waals surface area (Å²) in [5, 5.41) is 14.7. The summed E-state index contributed by atoms with van der Waals surface area (Å²) in [6.07, 6.45) is -7.47. The van der Waals surface area contributed by atoms with Gasteiger partial charge in [0.1, 0.15) is 11.6 Å². The molecular formula is C31H32F7N3O4. The van der Waals surface area contributed by atoms with Crippen molar-refractivity contribution in [1.29, 1.82) is 0 Å². The monoisotopic (exact) mass is 643 g/mol. The van der Waals surface area contributed by atoms with Crippen LogP contribution in [0.2, 0.25) is 0 Å². The molecule has 2 bridgehead atoms. The van der Waals surface area contributed by atoms with E-state index in [4.69, 9.17) is 4.74 Å². The topological polar surface area (TPSA) is 90.9 Å². The predicted molar refractivity (Wildman–Crippen MR) is 150 cm³/mol. The van der Waals surface area contributed by atoms with Crippen molar-refractivity contribution in [2.45, 2.75) is 44.1 Å². The number of carbonyl (C=O) groups excluding carboxylic acids is 2. The molecular weight excluding hydrogens is 611 g/mol. The van der Waals surface area contributed by atoms with Gasteiger partial charge in [-0.1, -0.05) is 5.57 Å². The third-order valence-electron chi connectivity index (χ3n) is 8.94. The molecule has 3 fully saturated rings. The van der Waals surface area contributed by atoms with Gasteiger partial charge in [0, 0.05) is 49.1 Å². The minimum Gasteiger partial charge on any atom is -0.496 e. The molecule has 1 saturated heterocycles. The lowest BCUT2D eigenvalue weighted by Crippen LogP contribution is -2.48. The predicted octanol–water partition coefficient (Wildman–Crippen LogP) is 5.94. The lowest BCUT2D eigenvalue weighted by molar-refractivity contribution is -0.140. The largest absolute Gasteiger partial charge is 0.496 e. The number of alkyl halides is 6. The first-order valence-electron chi connectivity index (χ1n) is 14.5. The zero-order valence-electron chi connectivity index (χ0n) is 24.1. The van der Waals surface area contributed by atoms with Crippen molar-refractivity contribution in [2.75, 3.05) is 37.0 Å². The Morgan fingerprint density at radius 2 is 1.78 bits per heavy atom. The number of piperidine rings is 1. The Kier molecular flexibility index (Phi) is 9.07. The molecule has 1 aliphatic heterocycles. The van der Waals surface area contributed by atoms with Gasteiger partial charge in [-0.2, -0.15) is 26.3 Å². The maximum Gasteiger partial charge on any atom is 0.419 e. The van der Waals surface area contributed by atoms with Crippen molar-refractivity contribution >= 4 is 23.2 Å². The molecule has 3 aliphatic rings. The number of carbonyl (C=O) groups is 2. The summed E-state index contributed by atoms with van der Waals surface area (Å²) in [4.78, 5) is 29.3. The highest BCUT2D eigenvalue weighted by Gasteiger charge is 2.55. The number of benzene rings is 2. The second-order valence-corrected chi connectivity index (χ2v) is 11.7. The fraction of sp³-hybridized carbons (Fsp3) is 0.484. The Morgan fingerprint density at radius 3 is 2.44 bits per heavy atom. The van der Waals surface area contributed by atoms with Gasteiger partial charge in [0.15, 0.2) is 0 Å². The molecule has 2 aromatic rings. The number of nitrogens with one attached hydrogen (secondary N) is 2. The molecule has 2 amide bonds. The number of ether oxygens (including phenoxy) is 1. The maximum absolute atomic E-state index is 13.8. The zero-order valence-corrected chi connectivity index (χ0v) is 24.1. The lowest BCUT2D eigenvalue weighted by Gasteiger charge is -2.34. The van der Waals surface area contributed by atoms with E-state index in [1.807, 2.05) is 4.90 Å². The molecule has 5 rings (SSSR count). The second-order valence-electron chi connectivity index (χ2n) is 11.7. The van der Waals surface area contributed by atoms with E-state index in [0.717, 1.165) is 18.9 Å². The molecule has 45 heavy (non-hydrogen) atoms. The van der Waals surface area contributed by atoms with E-state index in [1.54, 1.807) is 18.2 Å². The standard InChI is InChI=1S/C31H32F7N3O4/c1-45-25-9-5-18(41-10-2-3-16(14-41)15-42)12-21(25)28(43)40-27-20-7-6-19(22(20)13-30(33,34)35)26(27)29(44)39-17-4-8-24(32)23(11-17)31(36,37)38/h4-5,8-9,11-13,16,19-20,26-27,42H,2-3,6-7,10,14-15H2,1H3,(H,39,44)(H,40,43)/b22-13-/t16?,19-,20+,26+,27+/m0/s1. The van der Waals surface area contributed by atoms with Crippen molar-refractivity contribution in [3.63, 3.8) is 0 Å². The van der Waals surface area contributed by atoms with Crippen molar-refractivity contribution in [1.82, 2.24) is 5.32 Å². The number of methoxy groups -OCH3 is 1. The number of hydrogen-bond acceptors (Lipinski definition) is 5. The number of hydrogen-bond donors (Lipinski definition) is 3. The highest BCUT2D eigenvalue weighted by Crippen LogP contribution is 2.54. The van der Waals surface area contributed by atoms with Crippen molar-refractivity contribution in [2.24, 2.45) is 23.7 Å². The molecule has 0 radical (unpaired) electrons. The van der Waals surface area contributed by atoms with Crippen LogP contribution in [0.15, 0.2) is 48.0 Å². The Bertz CT molecular complexity index is 1480.